The predicted octanol–water partition coefficient (Wildman–Crippen LogP) is 2.30. The van der Waals surface area contributed by atoms with E-state index in [-0.39, 0.29) is 27.8 Å². The first-order chi connectivity index (χ1) is 10.7. The molecule has 2 rings (SSSR count). The fourth-order valence-electron chi connectivity index (χ4n) is 1.25. The van der Waals surface area contributed by atoms with Gasteiger partial charge in [0.25, 0.3) is 0 Å². The molecule has 0 fully saturated rings. The zero-order valence-electron chi connectivity index (χ0n) is 11.6. The smallest absolute Gasteiger partial charge is 0.683 e. The van der Waals surface area contributed by atoms with Crippen molar-refractivity contribution in [2.75, 3.05) is 0 Å². The molecule has 0 bridgehead atoms. The van der Waals surface area contributed by atoms with Gasteiger partial charge in [0.2, 0.25) is 0 Å². The minimum atomic E-state index is -4.67. The molecular formula is C12H10Cl2FeN3O5S+. The molecule has 0 aliphatic heterocycles. The summed E-state index contributed by atoms with van der Waals surface area (Å²) < 4.78 is 31.6. The first kappa shape index (κ1) is 22.6. The Bertz CT molecular complexity index is 783. The van der Waals surface area contributed by atoms with Crippen molar-refractivity contribution in [2.45, 2.75) is 0 Å². The van der Waals surface area contributed by atoms with Crippen molar-refractivity contribution in [3.05, 3.63) is 57.6 Å². The Morgan fingerprint density at radius 3 is 2.50 bits per heavy atom. The number of hydrogen-bond acceptors (Lipinski definition) is 6. The summed E-state index contributed by atoms with van der Waals surface area (Å²) in [7, 11) is -4.67. The van der Waals surface area contributed by atoms with Gasteiger partial charge in [-0.15, -0.1) is 0 Å². The van der Waals surface area contributed by atoms with Gasteiger partial charge in [-0.3, -0.25) is 5.10 Å². The van der Waals surface area contributed by atoms with Crippen LogP contribution < -0.4 is 0 Å². The molecule has 1 aromatic heterocycles. The van der Waals surface area contributed by atoms with Crippen LogP contribution in [0.1, 0.15) is 5.56 Å². The summed E-state index contributed by atoms with van der Waals surface area (Å²) in [5.41, 5.74) is 4.26. The Morgan fingerprint density at radius 1 is 1.33 bits per heavy atom. The van der Waals surface area contributed by atoms with E-state index >= 15 is 0 Å². The summed E-state index contributed by atoms with van der Waals surface area (Å²) in [6.45, 7) is 0. The molecule has 0 aliphatic rings. The first-order valence-corrected chi connectivity index (χ1v) is 7.87. The second-order valence-electron chi connectivity index (χ2n) is 3.81. The Balaban J connectivity index is 0.000000777. The average Bonchev–Trinajstić information content (AvgIpc) is 2.43. The maximum atomic E-state index is 9.68. The average molecular weight is 435 g/mol. The molecule has 0 saturated carbocycles. The van der Waals surface area contributed by atoms with E-state index in [0.717, 1.165) is 0 Å². The number of halogens is 2. The fourth-order valence-corrected chi connectivity index (χ4v) is 1.76. The van der Waals surface area contributed by atoms with E-state index in [1.807, 2.05) is 0 Å². The molecule has 12 heteroatoms. The van der Waals surface area contributed by atoms with Crippen LogP contribution in [0.3, 0.4) is 0 Å². The molecular weight excluding hydrogens is 425 g/mol. The van der Waals surface area contributed by atoms with Crippen LogP contribution in [0.15, 0.2) is 41.6 Å². The minimum absolute atomic E-state index is 0. The van der Waals surface area contributed by atoms with Gasteiger partial charge in [-0.2, -0.15) is 8.42 Å². The number of aromatic nitrogens is 1. The van der Waals surface area contributed by atoms with Crippen LogP contribution in [0, 0.1) is 0 Å². The molecule has 0 amide bonds. The van der Waals surface area contributed by atoms with Gasteiger partial charge >= 0.3 is 27.5 Å². The van der Waals surface area contributed by atoms with E-state index in [9.17, 15) is 5.11 Å². The molecule has 24 heavy (non-hydrogen) atoms. The normalized spacial score (nSPS) is 10.5. The van der Waals surface area contributed by atoms with Crippen molar-refractivity contribution in [2.24, 2.45) is 5.10 Å². The predicted molar refractivity (Wildman–Crippen MR) is 86.3 cm³/mol. The summed E-state index contributed by atoms with van der Waals surface area (Å²) in [4.78, 5) is 3.97. The van der Waals surface area contributed by atoms with Crippen LogP contribution in [0.4, 0.5) is 5.82 Å². The molecule has 0 unspecified atom stereocenters. The molecule has 1 heterocycles. The third kappa shape index (κ3) is 9.68. The molecule has 0 aliphatic carbocycles. The quantitative estimate of drug-likeness (QED) is 0.197. The molecule has 130 valence electrons. The van der Waals surface area contributed by atoms with Crippen LogP contribution in [-0.4, -0.2) is 33.8 Å². The monoisotopic (exact) mass is 434 g/mol. The number of aromatic hydroxyl groups is 1. The summed E-state index contributed by atoms with van der Waals surface area (Å²) in [6.07, 6.45) is 2.98. The van der Waals surface area contributed by atoms with E-state index < -0.39 is 10.4 Å². The molecule has 1 aromatic carbocycles. The van der Waals surface area contributed by atoms with Crippen LogP contribution in [-0.2, 0) is 27.5 Å². The van der Waals surface area contributed by atoms with Gasteiger partial charge in [-0.25, -0.2) is 0 Å². The Hall–Kier alpha value is -1.39. The molecule has 0 saturated heterocycles. The van der Waals surface area contributed by atoms with Gasteiger partial charge < -0.3 is 24.6 Å². The number of nitrogens with zero attached hydrogens (tertiary/aromatic N) is 3. The van der Waals surface area contributed by atoms with Crippen molar-refractivity contribution in [1.29, 1.82) is 0 Å². The summed E-state index contributed by atoms with van der Waals surface area (Å²) in [5, 5.41) is 14.1. The second kappa shape index (κ2) is 10.5. The molecule has 8 nitrogen and oxygen atoms in total. The maximum Gasteiger partial charge on any atom is 2.00 e. The van der Waals surface area contributed by atoms with Gasteiger partial charge in [0, 0.05) is 16.8 Å². The van der Waals surface area contributed by atoms with Gasteiger partial charge in [0.05, 0.1) is 5.02 Å². The maximum absolute atomic E-state index is 9.68. The second-order valence-corrected chi connectivity index (χ2v) is 5.56. The van der Waals surface area contributed by atoms with Gasteiger partial charge in [0.15, 0.2) is 0 Å². The Kier molecular flexibility index (Phi) is 9.86. The van der Waals surface area contributed by atoms with Crippen LogP contribution in [0.25, 0.3) is 5.43 Å². The summed E-state index contributed by atoms with van der Waals surface area (Å²) >= 11 is 11.6. The topological polar surface area (TPSA) is 140 Å². The van der Waals surface area contributed by atoms with Crippen molar-refractivity contribution in [3.63, 3.8) is 0 Å². The van der Waals surface area contributed by atoms with E-state index in [1.165, 1.54) is 12.3 Å². The van der Waals surface area contributed by atoms with Crippen molar-refractivity contribution in [3.8, 4) is 5.75 Å². The number of hydrogen-bond donors (Lipinski definition) is 1. The van der Waals surface area contributed by atoms with Crippen molar-refractivity contribution in [1.82, 2.24) is 4.98 Å². The van der Waals surface area contributed by atoms with Gasteiger partial charge in [-0.1, -0.05) is 47.6 Å². The van der Waals surface area contributed by atoms with Crippen molar-refractivity contribution < 1.29 is 39.7 Å². The first-order valence-electron chi connectivity index (χ1n) is 5.70. The third-order valence-electron chi connectivity index (χ3n) is 2.06. The van der Waals surface area contributed by atoms with E-state index in [4.69, 9.17) is 40.7 Å². The Morgan fingerprint density at radius 2 is 1.96 bits per heavy atom. The molecule has 2 aromatic rings. The van der Waals surface area contributed by atoms with Crippen LogP contribution in [0.5, 0.6) is 5.75 Å². The van der Waals surface area contributed by atoms with E-state index in [0.29, 0.717) is 16.4 Å². The van der Waals surface area contributed by atoms with Crippen molar-refractivity contribution >= 4 is 45.6 Å². The standard InChI is InChI=1S/C12H8Cl2N3O.Fe.H2O4S/c13-9-5-8(12(18)10(14)6-9)7-16-17-11-3-1-2-4-15-11;;1-5(2,3)4/h1-7H,(H-,15,16,17,18);;(H2,1,2,3,4)/q-1;+2;. The SMILES string of the molecule is O=S(=O)([O-])[OH2+].Oc1c(Cl)cc(Cl)cc1C=N[N-]c1ccccn1.[Fe+2]. The largest absolute Gasteiger partial charge is 2.00 e. The minimum Gasteiger partial charge on any atom is -0.683 e. The fraction of sp³-hybridized carbons (Fsp3) is 0. The van der Waals surface area contributed by atoms with Gasteiger partial charge in [0.1, 0.15) is 5.75 Å². The molecule has 0 atom stereocenters. The zero-order valence-corrected chi connectivity index (χ0v) is 15.0. The number of phenols is 1. The molecule has 0 spiro atoms. The number of rotatable bonds is 3. The number of phenolic OH excluding ortho intramolecular Hbond substituents is 1. The van der Waals surface area contributed by atoms with Gasteiger partial charge in [-0.05, 0) is 18.0 Å². The van der Waals surface area contributed by atoms with E-state index in [2.05, 4.69) is 15.5 Å². The van der Waals surface area contributed by atoms with Crippen LogP contribution >= 0.6 is 23.2 Å². The van der Waals surface area contributed by atoms with Crippen LogP contribution in [0.2, 0.25) is 10.0 Å². The summed E-state index contributed by atoms with van der Waals surface area (Å²) in [6, 6.07) is 8.29. The molecule has 0 radical (unpaired) electrons. The molecule has 3 N–H and O–H groups in total. The Labute approximate surface area is 158 Å². The zero-order chi connectivity index (χ0) is 17.5. The number of benzene rings is 1. The van der Waals surface area contributed by atoms with E-state index in [1.54, 1.807) is 30.5 Å². The summed E-state index contributed by atoms with van der Waals surface area (Å²) in [5.74, 6) is 0.391. The third-order valence-corrected chi connectivity index (χ3v) is 2.57. The number of pyridine rings is 1.